The van der Waals surface area contributed by atoms with Gasteiger partial charge in [-0.15, -0.1) is 0 Å². The molecule has 2 rings (SSSR count). The highest BCUT2D eigenvalue weighted by Gasteiger charge is 2.81. The smallest absolute Gasteiger partial charge is 0.358 e. The van der Waals surface area contributed by atoms with Crippen LogP contribution in [0.2, 0.25) is 0 Å². The third-order valence-electron chi connectivity index (χ3n) is 4.06. The van der Waals surface area contributed by atoms with E-state index in [9.17, 15) is 39.9 Å². The van der Waals surface area contributed by atoms with Crippen molar-refractivity contribution in [2.75, 3.05) is 0 Å². The minimum absolute atomic E-state index is 0.340. The molecule has 1 aromatic rings. The summed E-state index contributed by atoms with van der Waals surface area (Å²) in [6, 6.07) is 3.84. The minimum Gasteiger partial charge on any atom is -0.358 e. The molecular formula is C15H12F8N2OS. The van der Waals surface area contributed by atoms with Gasteiger partial charge >= 0.3 is 12.4 Å². The van der Waals surface area contributed by atoms with Crippen LogP contribution in [0.5, 0.6) is 0 Å². The Hall–Kier alpha value is -1.85. The van der Waals surface area contributed by atoms with Crippen LogP contribution in [0, 0.1) is 5.82 Å². The van der Waals surface area contributed by atoms with E-state index in [1.165, 1.54) is 19.1 Å². The van der Waals surface area contributed by atoms with Crippen molar-refractivity contribution < 1.29 is 39.9 Å². The summed E-state index contributed by atoms with van der Waals surface area (Å²) in [5.41, 5.74) is -4.57. The SMILES string of the molecule is C[C@H](NC1=NC(=O)C(C(F)(F)F)(C(C)(F)C(F)(F)F)S1)c1ccc(F)cc1. The molecule has 0 saturated heterocycles. The zero-order valence-corrected chi connectivity index (χ0v) is 14.5. The average molecular weight is 420 g/mol. The van der Waals surface area contributed by atoms with Gasteiger partial charge < -0.3 is 5.32 Å². The van der Waals surface area contributed by atoms with E-state index in [1.807, 2.05) is 0 Å². The van der Waals surface area contributed by atoms with Crippen LogP contribution in [0.15, 0.2) is 29.3 Å². The second kappa shape index (κ2) is 6.64. The highest BCUT2D eigenvalue weighted by Crippen LogP contribution is 2.59. The van der Waals surface area contributed by atoms with Crippen molar-refractivity contribution in [2.24, 2.45) is 4.99 Å². The number of amides is 1. The summed E-state index contributed by atoms with van der Waals surface area (Å²) in [4.78, 5) is 14.8. The number of hydrogen-bond donors (Lipinski definition) is 1. The molecular weight excluding hydrogens is 408 g/mol. The van der Waals surface area contributed by atoms with E-state index >= 15 is 0 Å². The number of rotatable bonds is 3. The van der Waals surface area contributed by atoms with Gasteiger partial charge in [0.25, 0.3) is 5.91 Å². The molecule has 0 aromatic heterocycles. The van der Waals surface area contributed by atoms with Crippen molar-refractivity contribution in [1.29, 1.82) is 0 Å². The van der Waals surface area contributed by atoms with E-state index in [-0.39, 0.29) is 6.92 Å². The Kier molecular flexibility index (Phi) is 5.28. The third-order valence-corrected chi connectivity index (χ3v) is 5.55. The molecule has 1 aliphatic heterocycles. The first-order chi connectivity index (χ1) is 12.1. The highest BCUT2D eigenvalue weighted by molar-refractivity contribution is 8.16. The van der Waals surface area contributed by atoms with E-state index in [0.717, 1.165) is 12.1 Å². The maximum atomic E-state index is 14.4. The summed E-state index contributed by atoms with van der Waals surface area (Å²) >= 11 is -0.672. The summed E-state index contributed by atoms with van der Waals surface area (Å²) in [5, 5.41) is 1.51. The Morgan fingerprint density at radius 1 is 1.07 bits per heavy atom. The Morgan fingerprint density at radius 3 is 2.04 bits per heavy atom. The Balaban J connectivity index is 2.36. The van der Waals surface area contributed by atoms with E-state index in [0.29, 0.717) is 5.56 Å². The number of amidine groups is 1. The van der Waals surface area contributed by atoms with Crippen LogP contribution in [0.1, 0.15) is 25.5 Å². The number of thioether (sulfide) groups is 1. The zero-order chi connectivity index (χ0) is 20.8. The molecule has 12 heteroatoms. The molecule has 1 heterocycles. The number of nitrogens with zero attached hydrogens (tertiary/aromatic N) is 1. The van der Waals surface area contributed by atoms with Crippen molar-refractivity contribution >= 4 is 22.8 Å². The monoisotopic (exact) mass is 420 g/mol. The van der Waals surface area contributed by atoms with Crippen LogP contribution in [-0.2, 0) is 4.79 Å². The van der Waals surface area contributed by atoms with Crippen molar-refractivity contribution in [3.8, 4) is 0 Å². The highest BCUT2D eigenvalue weighted by atomic mass is 32.2. The summed E-state index contributed by atoms with van der Waals surface area (Å²) < 4.78 is 102. The summed E-state index contributed by atoms with van der Waals surface area (Å²) in [5.74, 6) is -2.88. The summed E-state index contributed by atoms with van der Waals surface area (Å²) in [7, 11) is 0. The molecule has 1 aromatic carbocycles. The second-order valence-electron chi connectivity index (χ2n) is 5.92. The van der Waals surface area contributed by atoms with Crippen LogP contribution in [0.4, 0.5) is 35.1 Å². The van der Waals surface area contributed by atoms with Gasteiger partial charge in [0.15, 0.2) is 5.17 Å². The van der Waals surface area contributed by atoms with Crippen LogP contribution >= 0.6 is 11.8 Å². The van der Waals surface area contributed by atoms with E-state index in [1.54, 1.807) is 0 Å². The van der Waals surface area contributed by atoms with Gasteiger partial charge in [-0.05, 0) is 31.5 Å². The molecule has 150 valence electrons. The van der Waals surface area contributed by atoms with E-state index in [2.05, 4.69) is 10.3 Å². The predicted octanol–water partition coefficient (Wildman–Crippen LogP) is 4.70. The lowest BCUT2D eigenvalue weighted by Crippen LogP contribution is -2.66. The Labute approximate surface area is 152 Å². The maximum Gasteiger partial charge on any atom is 0.424 e. The van der Waals surface area contributed by atoms with Crippen LogP contribution < -0.4 is 5.32 Å². The molecule has 0 spiro atoms. The molecule has 27 heavy (non-hydrogen) atoms. The number of carbonyl (C=O) groups is 1. The van der Waals surface area contributed by atoms with Gasteiger partial charge in [-0.1, -0.05) is 23.9 Å². The van der Waals surface area contributed by atoms with Crippen molar-refractivity contribution in [3.05, 3.63) is 35.6 Å². The molecule has 0 radical (unpaired) electrons. The fourth-order valence-electron chi connectivity index (χ4n) is 2.41. The first kappa shape index (κ1) is 21.5. The molecule has 1 aliphatic rings. The molecule has 3 nitrogen and oxygen atoms in total. The topological polar surface area (TPSA) is 41.5 Å². The molecule has 0 saturated carbocycles. The van der Waals surface area contributed by atoms with Gasteiger partial charge in [-0.2, -0.15) is 31.3 Å². The number of carbonyl (C=O) groups excluding carboxylic acids is 1. The summed E-state index contributed by atoms with van der Waals surface area (Å²) in [6.45, 7) is 1.06. The van der Waals surface area contributed by atoms with Gasteiger partial charge in [0.2, 0.25) is 10.4 Å². The number of hydrogen-bond acceptors (Lipinski definition) is 3. The van der Waals surface area contributed by atoms with Crippen LogP contribution in [0.25, 0.3) is 0 Å². The normalized spacial score (nSPS) is 24.4. The largest absolute Gasteiger partial charge is 0.424 e. The average Bonchev–Trinajstić information content (AvgIpc) is 2.84. The Bertz CT molecular complexity index is 757. The first-order valence-electron chi connectivity index (χ1n) is 7.30. The summed E-state index contributed by atoms with van der Waals surface area (Å²) in [6.07, 6.45) is -11.8. The maximum absolute atomic E-state index is 14.4. The number of halogens is 8. The van der Waals surface area contributed by atoms with Gasteiger partial charge in [0.1, 0.15) is 5.82 Å². The number of aliphatic imine (C=N–C) groups is 1. The second-order valence-corrected chi connectivity index (χ2v) is 7.12. The third kappa shape index (κ3) is 3.50. The van der Waals surface area contributed by atoms with E-state index < -0.39 is 57.5 Å². The number of alkyl halides is 7. The molecule has 0 fully saturated rings. The van der Waals surface area contributed by atoms with Crippen molar-refractivity contribution in [3.63, 3.8) is 0 Å². The number of nitrogens with one attached hydrogen (secondary N) is 1. The van der Waals surface area contributed by atoms with Gasteiger partial charge in [0.05, 0.1) is 6.04 Å². The zero-order valence-electron chi connectivity index (χ0n) is 13.7. The molecule has 1 N–H and O–H groups in total. The lowest BCUT2D eigenvalue weighted by Gasteiger charge is -2.39. The molecule has 1 amide bonds. The minimum atomic E-state index is -5.97. The first-order valence-corrected chi connectivity index (χ1v) is 8.11. The molecule has 2 unspecified atom stereocenters. The molecule has 0 bridgehead atoms. The lowest BCUT2D eigenvalue weighted by atomic mass is 9.87. The van der Waals surface area contributed by atoms with E-state index in [4.69, 9.17) is 0 Å². The lowest BCUT2D eigenvalue weighted by molar-refractivity contribution is -0.275. The van der Waals surface area contributed by atoms with Gasteiger partial charge in [-0.25, -0.2) is 8.78 Å². The fourth-order valence-corrected chi connectivity index (χ4v) is 3.62. The Morgan fingerprint density at radius 2 is 1.59 bits per heavy atom. The quantitative estimate of drug-likeness (QED) is 0.721. The standard InChI is InChI=1S/C15H12F8N2OS/c1-7(8-3-5-9(16)6-4-8)24-11-25-10(26)13(27-11,15(21,22)23)12(2,17)14(18,19)20/h3-7H,1-2H3,(H,24,25,26)/t7-,12?,13?/m0/s1. The van der Waals surface area contributed by atoms with Crippen molar-refractivity contribution in [2.45, 2.75) is 42.7 Å². The van der Waals surface area contributed by atoms with Crippen LogP contribution in [-0.4, -0.2) is 33.8 Å². The van der Waals surface area contributed by atoms with Gasteiger partial charge in [0, 0.05) is 0 Å². The van der Waals surface area contributed by atoms with Crippen LogP contribution in [0.3, 0.4) is 0 Å². The number of benzene rings is 1. The molecule has 0 aliphatic carbocycles. The van der Waals surface area contributed by atoms with Crippen molar-refractivity contribution in [1.82, 2.24) is 5.32 Å². The fraction of sp³-hybridized carbons (Fsp3) is 0.467. The van der Waals surface area contributed by atoms with Gasteiger partial charge in [-0.3, -0.25) is 4.79 Å². The molecule has 3 atom stereocenters. The predicted molar refractivity (Wildman–Crippen MR) is 82.3 cm³/mol.